The average molecular weight is 358 g/mol. The Morgan fingerprint density at radius 2 is 1.33 bits per heavy atom. The van der Waals surface area contributed by atoms with Gasteiger partial charge in [-0.1, -0.05) is 80.4 Å². The highest BCUT2D eigenvalue weighted by atomic mass is 19.1. The minimum atomic E-state index is -0.110. The van der Waals surface area contributed by atoms with Gasteiger partial charge in [-0.05, 0) is 65.5 Å². The molecular weight excluding hydrogens is 331 g/mol. The molecule has 1 aliphatic rings. The molecule has 4 rings (SSSR count). The summed E-state index contributed by atoms with van der Waals surface area (Å²) in [5, 5.41) is 0. The van der Waals surface area contributed by atoms with Crippen LogP contribution in [0.4, 0.5) is 4.39 Å². The van der Waals surface area contributed by atoms with Crippen molar-refractivity contribution >= 4 is 0 Å². The third-order valence-corrected chi connectivity index (χ3v) is 6.11. The Morgan fingerprint density at radius 3 is 1.96 bits per heavy atom. The Hall–Kier alpha value is -2.41. The third kappa shape index (κ3) is 3.56. The highest BCUT2D eigenvalue weighted by Crippen LogP contribution is 2.36. The molecule has 0 radical (unpaired) electrons. The normalized spacial score (nSPS) is 14.6. The first-order chi connectivity index (χ1) is 13.2. The molecule has 0 bridgehead atoms. The van der Waals surface area contributed by atoms with Gasteiger partial charge in [-0.2, -0.15) is 0 Å². The first kappa shape index (κ1) is 18.0. The summed E-state index contributed by atoms with van der Waals surface area (Å²) in [6.45, 7) is 4.03. The lowest BCUT2D eigenvalue weighted by Gasteiger charge is -2.14. The molecule has 1 fully saturated rings. The average Bonchev–Trinajstić information content (AvgIpc) is 3.25. The minimum absolute atomic E-state index is 0.110. The van der Waals surface area contributed by atoms with Gasteiger partial charge in [0.2, 0.25) is 0 Å². The molecule has 0 aromatic heterocycles. The molecule has 0 saturated heterocycles. The summed E-state index contributed by atoms with van der Waals surface area (Å²) < 4.78 is 15.2. The van der Waals surface area contributed by atoms with Crippen molar-refractivity contribution in [1.29, 1.82) is 0 Å². The minimum Gasteiger partial charge on any atom is -0.206 e. The smallest absolute Gasteiger partial charge is 0.134 e. The van der Waals surface area contributed by atoms with Crippen LogP contribution in [0.2, 0.25) is 0 Å². The Labute approximate surface area is 162 Å². The van der Waals surface area contributed by atoms with Gasteiger partial charge in [-0.25, -0.2) is 4.39 Å². The quantitative estimate of drug-likeness (QED) is 0.448. The monoisotopic (exact) mass is 358 g/mol. The molecule has 27 heavy (non-hydrogen) atoms. The number of rotatable bonds is 4. The Kier molecular flexibility index (Phi) is 5.11. The van der Waals surface area contributed by atoms with E-state index in [4.69, 9.17) is 0 Å². The van der Waals surface area contributed by atoms with Crippen LogP contribution in [0.3, 0.4) is 0 Å². The molecule has 3 aromatic rings. The summed E-state index contributed by atoms with van der Waals surface area (Å²) in [5.74, 6) is 0.583. The molecule has 0 N–H and O–H groups in total. The number of benzene rings is 3. The van der Waals surface area contributed by atoms with Gasteiger partial charge >= 0.3 is 0 Å². The fraction of sp³-hybridized carbons (Fsp3) is 0.308. The molecule has 138 valence electrons. The molecule has 1 aliphatic carbocycles. The molecule has 0 aliphatic heterocycles. The van der Waals surface area contributed by atoms with Crippen molar-refractivity contribution in [3.8, 4) is 22.3 Å². The molecule has 0 atom stereocenters. The topological polar surface area (TPSA) is 0 Å². The lowest BCUT2D eigenvalue weighted by atomic mass is 9.92. The van der Waals surface area contributed by atoms with Crippen LogP contribution in [0.5, 0.6) is 0 Å². The van der Waals surface area contributed by atoms with Crippen molar-refractivity contribution in [3.63, 3.8) is 0 Å². The van der Waals surface area contributed by atoms with Crippen LogP contribution in [-0.2, 0) is 6.42 Å². The van der Waals surface area contributed by atoms with Crippen LogP contribution in [-0.4, -0.2) is 0 Å². The maximum absolute atomic E-state index is 15.2. The van der Waals surface area contributed by atoms with E-state index in [0.29, 0.717) is 11.5 Å². The fourth-order valence-corrected chi connectivity index (χ4v) is 4.33. The van der Waals surface area contributed by atoms with Gasteiger partial charge in [0.05, 0.1) is 0 Å². The Bertz CT molecular complexity index is 914. The van der Waals surface area contributed by atoms with E-state index in [9.17, 15) is 0 Å². The van der Waals surface area contributed by atoms with E-state index >= 15 is 4.39 Å². The van der Waals surface area contributed by atoms with Crippen LogP contribution in [0.15, 0.2) is 60.7 Å². The van der Waals surface area contributed by atoms with Crippen molar-refractivity contribution in [3.05, 3.63) is 83.2 Å². The molecule has 0 spiro atoms. The SMILES string of the molecule is CCc1ccc(-c2ccc(-c3ccc(C4CCCC4)cc3)c(F)c2C)cc1. The first-order valence-electron chi connectivity index (χ1n) is 10.2. The maximum atomic E-state index is 15.2. The van der Waals surface area contributed by atoms with Crippen molar-refractivity contribution in [2.75, 3.05) is 0 Å². The fourth-order valence-electron chi connectivity index (χ4n) is 4.33. The highest BCUT2D eigenvalue weighted by molar-refractivity contribution is 5.74. The summed E-state index contributed by atoms with van der Waals surface area (Å²) in [4.78, 5) is 0. The van der Waals surface area contributed by atoms with E-state index in [1.165, 1.54) is 36.8 Å². The second kappa shape index (κ2) is 7.68. The molecule has 0 amide bonds. The molecule has 3 aromatic carbocycles. The summed E-state index contributed by atoms with van der Waals surface area (Å²) in [6, 6.07) is 21.0. The van der Waals surface area contributed by atoms with Gasteiger partial charge < -0.3 is 0 Å². The van der Waals surface area contributed by atoms with Crippen LogP contribution < -0.4 is 0 Å². The lowest BCUT2D eigenvalue weighted by Crippen LogP contribution is -1.95. The van der Waals surface area contributed by atoms with Crippen LogP contribution in [0, 0.1) is 12.7 Å². The van der Waals surface area contributed by atoms with E-state index < -0.39 is 0 Å². The maximum Gasteiger partial charge on any atom is 0.134 e. The van der Waals surface area contributed by atoms with E-state index in [1.54, 1.807) is 0 Å². The Morgan fingerprint density at radius 1 is 0.778 bits per heavy atom. The highest BCUT2D eigenvalue weighted by Gasteiger charge is 2.17. The van der Waals surface area contributed by atoms with E-state index in [0.717, 1.165) is 28.7 Å². The van der Waals surface area contributed by atoms with Gasteiger partial charge in [0.25, 0.3) is 0 Å². The zero-order chi connectivity index (χ0) is 18.8. The van der Waals surface area contributed by atoms with Crippen molar-refractivity contribution in [2.45, 2.75) is 51.9 Å². The summed E-state index contributed by atoms with van der Waals surface area (Å²) in [5.41, 5.74) is 7.13. The summed E-state index contributed by atoms with van der Waals surface area (Å²) in [7, 11) is 0. The molecule has 0 nitrogen and oxygen atoms in total. The largest absolute Gasteiger partial charge is 0.206 e. The molecule has 1 heteroatoms. The van der Waals surface area contributed by atoms with Crippen LogP contribution >= 0.6 is 0 Å². The van der Waals surface area contributed by atoms with Gasteiger partial charge in [-0.15, -0.1) is 0 Å². The van der Waals surface area contributed by atoms with Crippen LogP contribution in [0.1, 0.15) is 55.2 Å². The second-order valence-corrected chi connectivity index (χ2v) is 7.75. The number of hydrogen-bond donors (Lipinski definition) is 0. The van der Waals surface area contributed by atoms with Gasteiger partial charge in [0.1, 0.15) is 5.82 Å². The predicted molar refractivity (Wildman–Crippen MR) is 113 cm³/mol. The standard InChI is InChI=1S/C26H27F/c1-3-19-8-10-22(11-9-19)24-16-17-25(26(27)18(24)2)23-14-12-21(13-15-23)20-6-4-5-7-20/h8-17,20H,3-7H2,1-2H3. The zero-order valence-corrected chi connectivity index (χ0v) is 16.3. The summed E-state index contributed by atoms with van der Waals surface area (Å²) in [6.07, 6.45) is 6.27. The lowest BCUT2D eigenvalue weighted by molar-refractivity contribution is 0.622. The van der Waals surface area contributed by atoms with Gasteiger partial charge in [0.15, 0.2) is 0 Å². The number of aryl methyl sites for hydroxylation is 1. The van der Waals surface area contributed by atoms with Crippen LogP contribution in [0.25, 0.3) is 22.3 Å². The number of halogens is 1. The molecular formula is C26H27F. The zero-order valence-electron chi connectivity index (χ0n) is 16.3. The van der Waals surface area contributed by atoms with E-state index in [1.807, 2.05) is 13.0 Å². The predicted octanol–water partition coefficient (Wildman–Crippen LogP) is 7.69. The second-order valence-electron chi connectivity index (χ2n) is 7.75. The van der Waals surface area contributed by atoms with Crippen molar-refractivity contribution < 1.29 is 4.39 Å². The molecule has 0 heterocycles. The Balaban J connectivity index is 1.65. The third-order valence-electron chi connectivity index (χ3n) is 6.11. The van der Waals surface area contributed by atoms with Gasteiger partial charge in [-0.3, -0.25) is 0 Å². The molecule has 1 saturated carbocycles. The first-order valence-corrected chi connectivity index (χ1v) is 10.2. The molecule has 0 unspecified atom stereocenters. The van der Waals surface area contributed by atoms with Gasteiger partial charge in [0, 0.05) is 5.56 Å². The van der Waals surface area contributed by atoms with E-state index in [-0.39, 0.29) is 5.82 Å². The van der Waals surface area contributed by atoms with Crippen molar-refractivity contribution in [1.82, 2.24) is 0 Å². The van der Waals surface area contributed by atoms with E-state index in [2.05, 4.69) is 61.5 Å². The van der Waals surface area contributed by atoms with Crippen molar-refractivity contribution in [2.24, 2.45) is 0 Å². The number of hydrogen-bond acceptors (Lipinski definition) is 0. The summed E-state index contributed by atoms with van der Waals surface area (Å²) >= 11 is 0.